The molecule has 2 rings (SSSR count). The van der Waals surface area contributed by atoms with Crippen LogP contribution in [0.5, 0.6) is 0 Å². The molecule has 0 bridgehead atoms. The standard InChI is InChI=1S/C16H23N3/c1-5-13-15(12-9-7-6-8-10-12)19-14(18-13)11-17-16(2,3)4/h6-10,17H,5,11H2,1-4H3,(H,18,19). The lowest BCUT2D eigenvalue weighted by molar-refractivity contribution is 0.418. The Morgan fingerprint density at radius 2 is 1.84 bits per heavy atom. The fourth-order valence-corrected chi connectivity index (χ4v) is 1.99. The van der Waals surface area contributed by atoms with Crippen molar-refractivity contribution >= 4 is 0 Å². The zero-order valence-electron chi connectivity index (χ0n) is 12.2. The lowest BCUT2D eigenvalue weighted by Crippen LogP contribution is -2.35. The maximum absolute atomic E-state index is 4.74. The number of imidazole rings is 1. The van der Waals surface area contributed by atoms with E-state index in [0.29, 0.717) is 0 Å². The first-order chi connectivity index (χ1) is 8.99. The van der Waals surface area contributed by atoms with Gasteiger partial charge in [0.2, 0.25) is 0 Å². The summed E-state index contributed by atoms with van der Waals surface area (Å²) in [5, 5.41) is 3.46. The van der Waals surface area contributed by atoms with Gasteiger partial charge in [-0.2, -0.15) is 0 Å². The van der Waals surface area contributed by atoms with Crippen LogP contribution >= 0.6 is 0 Å². The predicted octanol–water partition coefficient (Wildman–Crippen LogP) is 3.53. The maximum Gasteiger partial charge on any atom is 0.121 e. The van der Waals surface area contributed by atoms with Gasteiger partial charge in [0.25, 0.3) is 0 Å². The number of rotatable bonds is 4. The number of hydrogen-bond acceptors (Lipinski definition) is 2. The molecule has 3 nitrogen and oxygen atoms in total. The highest BCUT2D eigenvalue weighted by Gasteiger charge is 2.13. The van der Waals surface area contributed by atoms with E-state index >= 15 is 0 Å². The zero-order chi connectivity index (χ0) is 13.9. The van der Waals surface area contributed by atoms with Gasteiger partial charge < -0.3 is 10.3 Å². The van der Waals surface area contributed by atoms with Crippen LogP contribution in [0.25, 0.3) is 11.3 Å². The quantitative estimate of drug-likeness (QED) is 0.879. The summed E-state index contributed by atoms with van der Waals surface area (Å²) in [5.41, 5.74) is 3.56. The average molecular weight is 257 g/mol. The lowest BCUT2D eigenvalue weighted by atomic mass is 10.1. The molecule has 0 spiro atoms. The van der Waals surface area contributed by atoms with E-state index in [1.54, 1.807) is 0 Å². The molecule has 1 heterocycles. The van der Waals surface area contributed by atoms with Crippen molar-refractivity contribution in [3.63, 3.8) is 0 Å². The minimum atomic E-state index is 0.103. The van der Waals surface area contributed by atoms with E-state index in [0.717, 1.165) is 24.5 Å². The molecule has 0 aliphatic carbocycles. The first kappa shape index (κ1) is 13.8. The van der Waals surface area contributed by atoms with Crippen molar-refractivity contribution in [2.45, 2.75) is 46.2 Å². The first-order valence-electron chi connectivity index (χ1n) is 6.88. The number of benzene rings is 1. The molecule has 0 aliphatic heterocycles. The van der Waals surface area contributed by atoms with Crippen LogP contribution in [0.4, 0.5) is 0 Å². The third-order valence-electron chi connectivity index (χ3n) is 3.01. The molecule has 19 heavy (non-hydrogen) atoms. The smallest absolute Gasteiger partial charge is 0.121 e. The SMILES string of the molecule is CCc1[nH]c(CNC(C)(C)C)nc1-c1ccccc1. The Labute approximate surface area is 115 Å². The molecule has 1 aromatic carbocycles. The van der Waals surface area contributed by atoms with Gasteiger partial charge in [0.1, 0.15) is 5.82 Å². The van der Waals surface area contributed by atoms with E-state index in [1.165, 1.54) is 11.3 Å². The van der Waals surface area contributed by atoms with Crippen LogP contribution in [0, 0.1) is 0 Å². The molecular formula is C16H23N3. The van der Waals surface area contributed by atoms with E-state index in [-0.39, 0.29) is 5.54 Å². The molecule has 1 aromatic heterocycles. The van der Waals surface area contributed by atoms with Gasteiger partial charge in [-0.15, -0.1) is 0 Å². The number of hydrogen-bond donors (Lipinski definition) is 2. The Morgan fingerprint density at radius 3 is 2.42 bits per heavy atom. The summed E-state index contributed by atoms with van der Waals surface area (Å²) in [6, 6.07) is 10.4. The van der Waals surface area contributed by atoms with E-state index < -0.39 is 0 Å². The molecular weight excluding hydrogens is 234 g/mol. The fraction of sp³-hybridized carbons (Fsp3) is 0.438. The Morgan fingerprint density at radius 1 is 1.16 bits per heavy atom. The van der Waals surface area contributed by atoms with Gasteiger partial charge in [0, 0.05) is 16.8 Å². The van der Waals surface area contributed by atoms with Gasteiger partial charge in [-0.1, -0.05) is 37.3 Å². The lowest BCUT2D eigenvalue weighted by Gasteiger charge is -2.19. The summed E-state index contributed by atoms with van der Waals surface area (Å²) in [4.78, 5) is 8.17. The van der Waals surface area contributed by atoms with Gasteiger partial charge in [0.05, 0.1) is 12.2 Å². The van der Waals surface area contributed by atoms with Crippen molar-refractivity contribution in [2.75, 3.05) is 0 Å². The number of nitrogens with zero attached hydrogens (tertiary/aromatic N) is 1. The van der Waals surface area contributed by atoms with Crippen molar-refractivity contribution in [2.24, 2.45) is 0 Å². The van der Waals surface area contributed by atoms with Crippen LogP contribution in [0.1, 0.15) is 39.2 Å². The number of aromatic amines is 1. The number of H-pyrrole nitrogens is 1. The summed E-state index contributed by atoms with van der Waals surface area (Å²) < 4.78 is 0. The number of aryl methyl sites for hydroxylation is 1. The van der Waals surface area contributed by atoms with Crippen molar-refractivity contribution < 1.29 is 0 Å². The van der Waals surface area contributed by atoms with Gasteiger partial charge in [0.15, 0.2) is 0 Å². The Hall–Kier alpha value is -1.61. The molecule has 2 N–H and O–H groups in total. The van der Waals surface area contributed by atoms with Crippen LogP contribution in [0.2, 0.25) is 0 Å². The molecule has 3 heteroatoms. The number of nitrogens with one attached hydrogen (secondary N) is 2. The average Bonchev–Trinajstić information content (AvgIpc) is 2.80. The molecule has 0 radical (unpaired) electrons. The molecule has 0 unspecified atom stereocenters. The molecule has 102 valence electrons. The van der Waals surface area contributed by atoms with Crippen LogP contribution in [0.3, 0.4) is 0 Å². The van der Waals surface area contributed by atoms with Crippen LogP contribution in [0.15, 0.2) is 30.3 Å². The summed E-state index contributed by atoms with van der Waals surface area (Å²) in [6.07, 6.45) is 0.965. The summed E-state index contributed by atoms with van der Waals surface area (Å²) in [7, 11) is 0. The topological polar surface area (TPSA) is 40.7 Å². The van der Waals surface area contributed by atoms with Gasteiger partial charge in [-0.05, 0) is 27.2 Å². The van der Waals surface area contributed by atoms with Crippen molar-refractivity contribution in [3.8, 4) is 11.3 Å². The molecule has 0 amide bonds. The second-order valence-electron chi connectivity index (χ2n) is 5.83. The monoisotopic (exact) mass is 257 g/mol. The van der Waals surface area contributed by atoms with Crippen LogP contribution < -0.4 is 5.32 Å². The fourth-order valence-electron chi connectivity index (χ4n) is 1.99. The molecule has 0 saturated heterocycles. The predicted molar refractivity (Wildman–Crippen MR) is 80.0 cm³/mol. The van der Waals surface area contributed by atoms with Crippen LogP contribution in [-0.2, 0) is 13.0 Å². The minimum absolute atomic E-state index is 0.103. The van der Waals surface area contributed by atoms with Gasteiger partial charge >= 0.3 is 0 Å². The van der Waals surface area contributed by atoms with E-state index in [2.05, 4.69) is 62.3 Å². The van der Waals surface area contributed by atoms with E-state index in [9.17, 15) is 0 Å². The summed E-state index contributed by atoms with van der Waals surface area (Å²) in [6.45, 7) is 9.41. The van der Waals surface area contributed by atoms with Gasteiger partial charge in [-0.25, -0.2) is 4.98 Å². The minimum Gasteiger partial charge on any atom is -0.344 e. The molecule has 0 aliphatic rings. The normalized spacial score (nSPS) is 11.8. The Bertz CT molecular complexity index is 521. The van der Waals surface area contributed by atoms with Crippen molar-refractivity contribution in [1.82, 2.24) is 15.3 Å². The Kier molecular flexibility index (Phi) is 4.05. The van der Waals surface area contributed by atoms with Gasteiger partial charge in [-0.3, -0.25) is 0 Å². The second kappa shape index (κ2) is 5.57. The third kappa shape index (κ3) is 3.67. The van der Waals surface area contributed by atoms with E-state index in [1.807, 2.05) is 6.07 Å². The number of aromatic nitrogens is 2. The first-order valence-corrected chi connectivity index (χ1v) is 6.88. The second-order valence-corrected chi connectivity index (χ2v) is 5.83. The molecule has 0 fully saturated rings. The molecule has 0 atom stereocenters. The summed E-state index contributed by atoms with van der Waals surface area (Å²) in [5.74, 6) is 1.01. The maximum atomic E-state index is 4.74. The van der Waals surface area contributed by atoms with Crippen molar-refractivity contribution in [1.29, 1.82) is 0 Å². The zero-order valence-corrected chi connectivity index (χ0v) is 12.2. The van der Waals surface area contributed by atoms with E-state index in [4.69, 9.17) is 4.98 Å². The van der Waals surface area contributed by atoms with Crippen LogP contribution in [-0.4, -0.2) is 15.5 Å². The highest BCUT2D eigenvalue weighted by Crippen LogP contribution is 2.21. The highest BCUT2D eigenvalue weighted by molar-refractivity contribution is 5.61. The molecule has 0 saturated carbocycles. The Balaban J connectivity index is 2.23. The largest absolute Gasteiger partial charge is 0.344 e. The third-order valence-corrected chi connectivity index (χ3v) is 3.01. The molecule has 2 aromatic rings. The highest BCUT2D eigenvalue weighted by atomic mass is 15.0. The van der Waals surface area contributed by atoms with Crippen molar-refractivity contribution in [3.05, 3.63) is 41.9 Å². The summed E-state index contributed by atoms with van der Waals surface area (Å²) >= 11 is 0.